The molecule has 1 N–H and O–H groups in total. The summed E-state index contributed by atoms with van der Waals surface area (Å²) < 4.78 is 44.2. The van der Waals surface area contributed by atoms with Crippen LogP contribution in [0.1, 0.15) is 16.8 Å². The van der Waals surface area contributed by atoms with Crippen molar-refractivity contribution in [1.82, 2.24) is 15.0 Å². The summed E-state index contributed by atoms with van der Waals surface area (Å²) >= 11 is 10.4. The molecule has 0 radical (unpaired) electrons. The van der Waals surface area contributed by atoms with Crippen LogP contribution in [0.15, 0.2) is 42.6 Å². The fraction of sp³-hybridized carbons (Fsp3) is 0.286. The molecule has 32 heavy (non-hydrogen) atoms. The largest absolute Gasteiger partial charge is 0.463 e. The number of benzene rings is 1. The molecule has 0 bridgehead atoms. The SMILES string of the molecule is FC(F)(F)c1ccc(Nc2nc(OCCS)nc3c2CCN(c2ncccc2Cl)C3)cc1. The zero-order chi connectivity index (χ0) is 22.7. The van der Waals surface area contributed by atoms with Gasteiger partial charge in [-0.2, -0.15) is 35.8 Å². The van der Waals surface area contributed by atoms with Gasteiger partial charge in [-0.25, -0.2) is 4.98 Å². The van der Waals surface area contributed by atoms with E-state index >= 15 is 0 Å². The number of nitrogens with one attached hydrogen (secondary N) is 1. The standard InChI is InChI=1S/C21H19ClF3N5OS/c22-16-2-1-8-26-19(16)30-9-7-15-17(12-30)28-20(31-10-11-32)29-18(15)27-14-5-3-13(4-6-14)21(23,24)25/h1-6,8,32H,7,9-12H2,(H,27,28,29). The van der Waals surface area contributed by atoms with Crippen LogP contribution in [0.2, 0.25) is 5.02 Å². The highest BCUT2D eigenvalue weighted by molar-refractivity contribution is 7.80. The zero-order valence-corrected chi connectivity index (χ0v) is 18.4. The van der Waals surface area contributed by atoms with Crippen molar-refractivity contribution in [3.63, 3.8) is 0 Å². The third-order valence-electron chi connectivity index (χ3n) is 4.88. The molecule has 1 aliphatic rings. The molecule has 1 aliphatic heterocycles. The molecular weight excluding hydrogens is 463 g/mol. The predicted octanol–water partition coefficient (Wildman–Crippen LogP) is 5.16. The first-order valence-corrected chi connectivity index (χ1v) is 10.8. The number of hydrogen-bond donors (Lipinski definition) is 2. The summed E-state index contributed by atoms with van der Waals surface area (Å²) in [6, 6.07) is 8.50. The van der Waals surface area contributed by atoms with E-state index in [1.807, 2.05) is 4.90 Å². The predicted molar refractivity (Wildman–Crippen MR) is 120 cm³/mol. The summed E-state index contributed by atoms with van der Waals surface area (Å²) in [5.74, 6) is 1.64. The highest BCUT2D eigenvalue weighted by Crippen LogP contribution is 2.33. The van der Waals surface area contributed by atoms with Crippen molar-refractivity contribution in [2.45, 2.75) is 19.1 Å². The van der Waals surface area contributed by atoms with Crippen molar-refractivity contribution in [2.75, 3.05) is 29.1 Å². The number of anilines is 3. The van der Waals surface area contributed by atoms with E-state index in [0.29, 0.717) is 54.2 Å². The van der Waals surface area contributed by atoms with Crippen molar-refractivity contribution in [2.24, 2.45) is 0 Å². The van der Waals surface area contributed by atoms with Crippen LogP contribution >= 0.6 is 24.2 Å². The lowest BCUT2D eigenvalue weighted by Crippen LogP contribution is -2.32. The summed E-state index contributed by atoms with van der Waals surface area (Å²) in [6.07, 6.45) is -2.12. The fourth-order valence-electron chi connectivity index (χ4n) is 3.38. The molecule has 4 rings (SSSR count). The maximum absolute atomic E-state index is 12.9. The molecule has 6 nitrogen and oxygen atoms in total. The molecule has 1 aromatic carbocycles. The van der Waals surface area contributed by atoms with Crippen LogP contribution in [0, 0.1) is 0 Å². The third kappa shape index (κ3) is 5.02. The second-order valence-corrected chi connectivity index (χ2v) is 7.89. The Balaban J connectivity index is 1.64. The number of thiol groups is 1. The topological polar surface area (TPSA) is 63.2 Å². The van der Waals surface area contributed by atoms with Crippen LogP contribution in [0.5, 0.6) is 6.01 Å². The molecule has 0 spiro atoms. The van der Waals surface area contributed by atoms with Gasteiger partial charge in [-0.05, 0) is 42.8 Å². The Morgan fingerprint density at radius 3 is 2.62 bits per heavy atom. The average molecular weight is 482 g/mol. The van der Waals surface area contributed by atoms with Gasteiger partial charge in [0.1, 0.15) is 18.2 Å². The molecule has 11 heteroatoms. The molecule has 0 unspecified atom stereocenters. The van der Waals surface area contributed by atoms with E-state index in [-0.39, 0.29) is 6.01 Å². The lowest BCUT2D eigenvalue weighted by molar-refractivity contribution is -0.137. The van der Waals surface area contributed by atoms with Crippen LogP contribution in [0.3, 0.4) is 0 Å². The van der Waals surface area contributed by atoms with Gasteiger partial charge in [0.05, 0.1) is 22.8 Å². The van der Waals surface area contributed by atoms with Gasteiger partial charge in [-0.1, -0.05) is 11.6 Å². The van der Waals surface area contributed by atoms with Gasteiger partial charge in [0.2, 0.25) is 0 Å². The quantitative estimate of drug-likeness (QED) is 0.474. The summed E-state index contributed by atoms with van der Waals surface area (Å²) in [5.41, 5.74) is 1.37. The molecule has 0 amide bonds. The minimum absolute atomic E-state index is 0.168. The van der Waals surface area contributed by atoms with Gasteiger partial charge < -0.3 is 15.0 Å². The molecular formula is C21H19ClF3N5OS. The Labute approximate surface area is 193 Å². The van der Waals surface area contributed by atoms with Crippen molar-refractivity contribution in [3.05, 3.63) is 64.4 Å². The molecule has 0 aliphatic carbocycles. The Bertz CT molecular complexity index is 1100. The van der Waals surface area contributed by atoms with Crippen LogP contribution in [-0.2, 0) is 19.1 Å². The Kier molecular flexibility index (Phi) is 6.61. The minimum Gasteiger partial charge on any atom is -0.463 e. The molecule has 0 atom stereocenters. The van der Waals surface area contributed by atoms with Gasteiger partial charge in [0.15, 0.2) is 0 Å². The lowest BCUT2D eigenvalue weighted by atomic mass is 10.1. The number of halogens is 4. The highest BCUT2D eigenvalue weighted by Gasteiger charge is 2.30. The lowest BCUT2D eigenvalue weighted by Gasteiger charge is -2.30. The highest BCUT2D eigenvalue weighted by atomic mass is 35.5. The normalized spacial score (nSPS) is 13.6. The number of alkyl halides is 3. The molecule has 168 valence electrons. The first-order chi connectivity index (χ1) is 15.3. The smallest absolute Gasteiger partial charge is 0.416 e. The van der Waals surface area contributed by atoms with E-state index in [9.17, 15) is 13.2 Å². The molecule has 0 saturated heterocycles. The number of rotatable bonds is 6. The van der Waals surface area contributed by atoms with E-state index < -0.39 is 11.7 Å². The van der Waals surface area contributed by atoms with Crippen molar-refractivity contribution in [1.29, 1.82) is 0 Å². The van der Waals surface area contributed by atoms with Crippen LogP contribution in [0.25, 0.3) is 0 Å². The maximum atomic E-state index is 12.9. The van der Waals surface area contributed by atoms with E-state index in [2.05, 4.69) is 32.9 Å². The Morgan fingerprint density at radius 1 is 1.16 bits per heavy atom. The first-order valence-electron chi connectivity index (χ1n) is 9.78. The maximum Gasteiger partial charge on any atom is 0.416 e. The summed E-state index contributed by atoms with van der Waals surface area (Å²) in [7, 11) is 0. The van der Waals surface area contributed by atoms with Crippen molar-refractivity contribution < 1.29 is 17.9 Å². The number of ether oxygens (including phenoxy) is 1. The van der Waals surface area contributed by atoms with E-state index in [1.165, 1.54) is 12.1 Å². The number of hydrogen-bond acceptors (Lipinski definition) is 7. The van der Waals surface area contributed by atoms with Gasteiger partial charge in [-0.3, -0.25) is 0 Å². The number of nitrogens with zero attached hydrogens (tertiary/aromatic N) is 4. The average Bonchev–Trinajstić information content (AvgIpc) is 2.77. The zero-order valence-electron chi connectivity index (χ0n) is 16.7. The fourth-order valence-corrected chi connectivity index (χ4v) is 3.72. The second kappa shape index (κ2) is 9.41. The van der Waals surface area contributed by atoms with Crippen LogP contribution in [0.4, 0.5) is 30.5 Å². The minimum atomic E-state index is -4.39. The summed E-state index contributed by atoms with van der Waals surface area (Å²) in [5, 5.41) is 3.66. The van der Waals surface area contributed by atoms with Gasteiger partial charge >= 0.3 is 12.2 Å². The first kappa shape index (κ1) is 22.5. The summed E-state index contributed by atoms with van der Waals surface area (Å²) in [4.78, 5) is 15.4. The number of fused-ring (bicyclic) bond motifs is 1. The molecule has 0 saturated carbocycles. The number of pyridine rings is 1. The molecule has 2 aromatic heterocycles. The van der Waals surface area contributed by atoms with Gasteiger partial charge in [0.25, 0.3) is 0 Å². The third-order valence-corrected chi connectivity index (χ3v) is 5.36. The van der Waals surface area contributed by atoms with Gasteiger partial charge in [-0.15, -0.1) is 0 Å². The monoisotopic (exact) mass is 481 g/mol. The van der Waals surface area contributed by atoms with E-state index in [1.54, 1.807) is 18.3 Å². The second-order valence-electron chi connectivity index (χ2n) is 7.03. The van der Waals surface area contributed by atoms with E-state index in [0.717, 1.165) is 23.4 Å². The van der Waals surface area contributed by atoms with Crippen LogP contribution in [-0.4, -0.2) is 33.9 Å². The number of aromatic nitrogens is 3. The van der Waals surface area contributed by atoms with Crippen molar-refractivity contribution >= 4 is 41.6 Å². The van der Waals surface area contributed by atoms with Crippen LogP contribution < -0.4 is 15.0 Å². The molecule has 3 aromatic rings. The Hall–Kier alpha value is -2.72. The van der Waals surface area contributed by atoms with Gasteiger partial charge in [0, 0.05) is 29.7 Å². The van der Waals surface area contributed by atoms with E-state index in [4.69, 9.17) is 16.3 Å². The Morgan fingerprint density at radius 2 is 1.94 bits per heavy atom. The molecule has 0 fully saturated rings. The van der Waals surface area contributed by atoms with Crippen molar-refractivity contribution in [3.8, 4) is 6.01 Å². The molecule has 3 heterocycles. The summed E-state index contributed by atoms with van der Waals surface area (Å²) in [6.45, 7) is 1.39.